The third-order valence-electron chi connectivity index (χ3n) is 3.10. The zero-order valence-electron chi connectivity index (χ0n) is 12.2. The highest BCUT2D eigenvalue weighted by molar-refractivity contribution is 6.32. The van der Waals surface area contributed by atoms with E-state index in [-0.39, 0.29) is 21.8 Å². The van der Waals surface area contributed by atoms with E-state index in [1.165, 1.54) is 6.07 Å². The quantitative estimate of drug-likeness (QED) is 0.855. The Labute approximate surface area is 129 Å². The van der Waals surface area contributed by atoms with E-state index >= 15 is 0 Å². The van der Waals surface area contributed by atoms with Crippen LogP contribution in [0.5, 0.6) is 11.5 Å². The topological polar surface area (TPSA) is 46.5 Å². The molecule has 0 bridgehead atoms. The lowest BCUT2D eigenvalue weighted by atomic mass is 9.86. The second kappa shape index (κ2) is 5.78. The number of rotatable bonds is 3. The van der Waals surface area contributed by atoms with Gasteiger partial charge in [0.2, 0.25) is 0 Å². The molecule has 1 N–H and O–H groups in total. The Morgan fingerprint density at radius 2 is 1.76 bits per heavy atom. The summed E-state index contributed by atoms with van der Waals surface area (Å²) in [5, 5.41) is 9.54. The summed E-state index contributed by atoms with van der Waals surface area (Å²) in [7, 11) is 0. The van der Waals surface area contributed by atoms with Crippen LogP contribution >= 0.6 is 11.6 Å². The van der Waals surface area contributed by atoms with E-state index in [2.05, 4.69) is 20.8 Å². The molecule has 0 heterocycles. The Kier molecular flexibility index (Phi) is 4.24. The molecule has 110 valence electrons. The largest absolute Gasteiger partial charge is 0.478 e. The fourth-order valence-electron chi connectivity index (χ4n) is 2.07. The molecule has 2 aromatic rings. The number of para-hydroxylation sites is 2. The molecule has 0 aliphatic carbocycles. The summed E-state index contributed by atoms with van der Waals surface area (Å²) in [5.41, 5.74) is 0.911. The fraction of sp³-hybridized carbons (Fsp3) is 0.235. The van der Waals surface area contributed by atoms with Gasteiger partial charge in [0.25, 0.3) is 0 Å². The van der Waals surface area contributed by atoms with Gasteiger partial charge in [-0.25, -0.2) is 4.79 Å². The smallest absolute Gasteiger partial charge is 0.339 e. The Balaban J connectivity index is 2.52. The molecule has 0 saturated carbocycles. The van der Waals surface area contributed by atoms with Gasteiger partial charge >= 0.3 is 5.97 Å². The zero-order chi connectivity index (χ0) is 15.6. The van der Waals surface area contributed by atoms with E-state index in [1.807, 2.05) is 24.3 Å². The predicted octanol–water partition coefficient (Wildman–Crippen LogP) is 5.13. The van der Waals surface area contributed by atoms with Crippen molar-refractivity contribution in [3.8, 4) is 11.5 Å². The second-order valence-corrected chi connectivity index (χ2v) is 6.18. The summed E-state index contributed by atoms with van der Waals surface area (Å²) in [6, 6.07) is 12.2. The lowest BCUT2D eigenvalue weighted by Crippen LogP contribution is -2.12. The highest BCUT2D eigenvalue weighted by Gasteiger charge is 2.21. The molecule has 0 saturated heterocycles. The maximum absolute atomic E-state index is 11.3. The molecule has 21 heavy (non-hydrogen) atoms. The van der Waals surface area contributed by atoms with Crippen molar-refractivity contribution in [3.05, 3.63) is 58.6 Å². The molecule has 0 radical (unpaired) electrons. The number of hydrogen-bond acceptors (Lipinski definition) is 2. The molecule has 0 atom stereocenters. The van der Waals surface area contributed by atoms with Crippen LogP contribution in [-0.4, -0.2) is 11.1 Å². The molecule has 4 heteroatoms. The second-order valence-electron chi connectivity index (χ2n) is 5.77. The summed E-state index contributed by atoms with van der Waals surface area (Å²) in [5.74, 6) is -0.287. The summed E-state index contributed by atoms with van der Waals surface area (Å²) >= 11 is 6.10. The van der Waals surface area contributed by atoms with Crippen molar-refractivity contribution >= 4 is 17.6 Å². The van der Waals surface area contributed by atoms with Crippen molar-refractivity contribution in [2.45, 2.75) is 26.2 Å². The number of carboxylic acid groups (broad SMARTS) is 1. The normalized spacial score (nSPS) is 11.2. The van der Waals surface area contributed by atoms with Crippen LogP contribution in [0.15, 0.2) is 42.5 Å². The Morgan fingerprint density at radius 1 is 1.10 bits per heavy atom. The monoisotopic (exact) mass is 304 g/mol. The number of carboxylic acids is 1. The van der Waals surface area contributed by atoms with Crippen LogP contribution in [0.3, 0.4) is 0 Å². The number of ether oxygens (including phenoxy) is 1. The number of halogens is 1. The first-order valence-electron chi connectivity index (χ1n) is 6.60. The fourth-order valence-corrected chi connectivity index (χ4v) is 2.28. The molecule has 0 aliphatic rings. The van der Waals surface area contributed by atoms with Gasteiger partial charge in [-0.15, -0.1) is 0 Å². The van der Waals surface area contributed by atoms with Gasteiger partial charge in [0, 0.05) is 5.56 Å². The first-order valence-corrected chi connectivity index (χ1v) is 6.97. The average Bonchev–Trinajstić information content (AvgIpc) is 2.40. The standard InChI is InChI=1S/C17H17ClO3/c1-17(2,3)12-8-4-5-10-14(12)21-15-11(16(19)20)7-6-9-13(15)18/h4-10H,1-3H3,(H,19,20). The van der Waals surface area contributed by atoms with Crippen LogP contribution in [0.1, 0.15) is 36.7 Å². The van der Waals surface area contributed by atoms with Crippen molar-refractivity contribution in [2.75, 3.05) is 0 Å². The minimum Gasteiger partial charge on any atom is -0.478 e. The van der Waals surface area contributed by atoms with Gasteiger partial charge in [0.05, 0.1) is 5.02 Å². The van der Waals surface area contributed by atoms with Gasteiger partial charge in [-0.2, -0.15) is 0 Å². The van der Waals surface area contributed by atoms with Crippen LogP contribution in [0.4, 0.5) is 0 Å². The van der Waals surface area contributed by atoms with Gasteiger partial charge in [0.1, 0.15) is 11.3 Å². The van der Waals surface area contributed by atoms with Crippen LogP contribution in [0, 0.1) is 0 Å². The van der Waals surface area contributed by atoms with E-state index in [0.717, 1.165) is 5.56 Å². The van der Waals surface area contributed by atoms with Gasteiger partial charge in [0.15, 0.2) is 5.75 Å². The molecule has 0 aliphatic heterocycles. The summed E-state index contributed by atoms with van der Waals surface area (Å²) < 4.78 is 5.85. The Hall–Kier alpha value is -2.00. The molecule has 0 aromatic heterocycles. The molecule has 0 fully saturated rings. The number of aromatic carboxylic acids is 1. The molecule has 2 aromatic carbocycles. The highest BCUT2D eigenvalue weighted by atomic mass is 35.5. The van der Waals surface area contributed by atoms with Crippen molar-refractivity contribution in [2.24, 2.45) is 0 Å². The first-order chi connectivity index (χ1) is 9.80. The molecular formula is C17H17ClO3. The third-order valence-corrected chi connectivity index (χ3v) is 3.40. The zero-order valence-corrected chi connectivity index (χ0v) is 12.9. The molecule has 0 unspecified atom stereocenters. The Morgan fingerprint density at radius 3 is 2.38 bits per heavy atom. The minimum atomic E-state index is -1.07. The van der Waals surface area contributed by atoms with Gasteiger partial charge in [-0.3, -0.25) is 0 Å². The molecular weight excluding hydrogens is 288 g/mol. The lowest BCUT2D eigenvalue weighted by molar-refractivity contribution is 0.0694. The van der Waals surface area contributed by atoms with Gasteiger partial charge in [-0.1, -0.05) is 56.6 Å². The van der Waals surface area contributed by atoms with Crippen molar-refractivity contribution in [1.82, 2.24) is 0 Å². The van der Waals surface area contributed by atoms with E-state index < -0.39 is 5.97 Å². The molecule has 3 nitrogen and oxygen atoms in total. The maximum Gasteiger partial charge on any atom is 0.339 e. The number of benzene rings is 2. The first kappa shape index (κ1) is 15.4. The summed E-state index contributed by atoms with van der Waals surface area (Å²) in [4.78, 5) is 11.3. The SMILES string of the molecule is CC(C)(C)c1ccccc1Oc1c(Cl)cccc1C(=O)O. The number of hydrogen-bond donors (Lipinski definition) is 1. The average molecular weight is 305 g/mol. The van der Waals surface area contributed by atoms with Crippen LogP contribution < -0.4 is 4.74 Å². The van der Waals surface area contributed by atoms with Gasteiger partial charge < -0.3 is 9.84 Å². The maximum atomic E-state index is 11.3. The van der Waals surface area contributed by atoms with E-state index in [9.17, 15) is 9.90 Å². The molecule has 0 spiro atoms. The van der Waals surface area contributed by atoms with Crippen molar-refractivity contribution in [1.29, 1.82) is 0 Å². The molecule has 2 rings (SSSR count). The third kappa shape index (κ3) is 3.37. The number of carbonyl (C=O) groups is 1. The minimum absolute atomic E-state index is 0.0474. The van der Waals surface area contributed by atoms with Crippen LogP contribution in [0.2, 0.25) is 5.02 Å². The summed E-state index contributed by atoms with van der Waals surface area (Å²) in [6.45, 7) is 6.21. The van der Waals surface area contributed by atoms with E-state index in [4.69, 9.17) is 16.3 Å². The van der Waals surface area contributed by atoms with Crippen LogP contribution in [0.25, 0.3) is 0 Å². The van der Waals surface area contributed by atoms with E-state index in [1.54, 1.807) is 12.1 Å². The Bertz CT molecular complexity index is 672. The highest BCUT2D eigenvalue weighted by Crippen LogP contribution is 2.38. The van der Waals surface area contributed by atoms with Crippen molar-refractivity contribution < 1.29 is 14.6 Å². The van der Waals surface area contributed by atoms with Gasteiger partial charge in [-0.05, 0) is 23.6 Å². The predicted molar refractivity (Wildman–Crippen MR) is 83.6 cm³/mol. The van der Waals surface area contributed by atoms with Crippen LogP contribution in [-0.2, 0) is 5.41 Å². The molecule has 0 amide bonds. The summed E-state index contributed by atoms with van der Waals surface area (Å²) in [6.07, 6.45) is 0. The van der Waals surface area contributed by atoms with Crippen molar-refractivity contribution in [3.63, 3.8) is 0 Å². The van der Waals surface area contributed by atoms with E-state index in [0.29, 0.717) is 5.75 Å². The lowest BCUT2D eigenvalue weighted by Gasteiger charge is -2.23.